The van der Waals surface area contributed by atoms with E-state index >= 15 is 0 Å². The van der Waals surface area contributed by atoms with Crippen molar-refractivity contribution in [3.63, 3.8) is 0 Å². The molecule has 0 aliphatic carbocycles. The van der Waals surface area contributed by atoms with E-state index in [1.165, 1.54) is 13.8 Å². The summed E-state index contributed by atoms with van der Waals surface area (Å²) in [6, 6.07) is 2.42. The van der Waals surface area contributed by atoms with Crippen molar-refractivity contribution in [3.05, 3.63) is 35.3 Å². The van der Waals surface area contributed by atoms with E-state index in [-0.39, 0.29) is 17.1 Å². The molecule has 5 nitrogen and oxygen atoms in total. The van der Waals surface area contributed by atoms with Crippen molar-refractivity contribution < 1.29 is 53.8 Å². The van der Waals surface area contributed by atoms with Crippen LogP contribution >= 0.6 is 11.8 Å². The fraction of sp³-hybridized carbons (Fsp3) is 0.444. The molecule has 0 unspecified atom stereocenters. The normalized spacial score (nSPS) is 12.7. The van der Waals surface area contributed by atoms with E-state index in [1.54, 1.807) is 0 Å². The summed E-state index contributed by atoms with van der Waals surface area (Å²) in [5.74, 6) is -9.69. The number of halogens is 9. The molecule has 0 spiro atoms. The Labute approximate surface area is 184 Å². The molecule has 15 heteroatoms. The average Bonchev–Trinajstić information content (AvgIpc) is 3.08. The maximum absolute atomic E-state index is 14.6. The van der Waals surface area contributed by atoms with E-state index in [1.807, 2.05) is 0 Å². The minimum atomic E-state index is -5.92. The molecule has 0 aliphatic heterocycles. The van der Waals surface area contributed by atoms with Crippen molar-refractivity contribution in [2.24, 2.45) is 0 Å². The van der Waals surface area contributed by atoms with Crippen LogP contribution in [-0.4, -0.2) is 53.0 Å². The molecule has 2 aromatic rings. The van der Waals surface area contributed by atoms with Gasteiger partial charge in [-0.3, -0.25) is 0 Å². The second-order valence-electron chi connectivity index (χ2n) is 6.46. The van der Waals surface area contributed by atoms with Crippen LogP contribution in [0.1, 0.15) is 23.0 Å². The van der Waals surface area contributed by atoms with Crippen LogP contribution in [0, 0.1) is 12.7 Å². The predicted molar refractivity (Wildman–Crippen MR) is 97.5 cm³/mol. The van der Waals surface area contributed by atoms with Crippen LogP contribution in [0.15, 0.2) is 23.1 Å². The van der Waals surface area contributed by atoms with Crippen LogP contribution in [-0.2, 0) is 4.74 Å². The monoisotopic (exact) mass is 510 g/mol. The second kappa shape index (κ2) is 9.73. The number of aryl methyl sites for hydroxylation is 1. The van der Waals surface area contributed by atoms with Gasteiger partial charge in [0.15, 0.2) is 12.3 Å². The van der Waals surface area contributed by atoms with Crippen LogP contribution in [0.5, 0.6) is 5.88 Å². The highest BCUT2D eigenvalue weighted by Gasteiger charge is 2.58. The van der Waals surface area contributed by atoms with Gasteiger partial charge in [0.1, 0.15) is 11.5 Å². The lowest BCUT2D eigenvalue weighted by atomic mass is 10.2. The number of ether oxygens (including phenoxy) is 2. The Bertz CT molecular complexity index is 1000. The summed E-state index contributed by atoms with van der Waals surface area (Å²) >= 11 is 0.315. The van der Waals surface area contributed by atoms with Gasteiger partial charge < -0.3 is 9.47 Å². The summed E-state index contributed by atoms with van der Waals surface area (Å²) in [5, 5.41) is 3.53. The molecular formula is C18H15F9N2O3S. The van der Waals surface area contributed by atoms with Crippen molar-refractivity contribution >= 4 is 17.7 Å². The number of hydrogen-bond acceptors (Lipinski definition) is 5. The molecule has 0 radical (unpaired) electrons. The number of benzene rings is 1. The van der Waals surface area contributed by atoms with Gasteiger partial charge in [0.05, 0.1) is 12.4 Å². The lowest BCUT2D eigenvalue weighted by molar-refractivity contribution is -0.290. The van der Waals surface area contributed by atoms with E-state index in [4.69, 9.17) is 4.74 Å². The molecular weight excluding hydrogens is 495 g/mol. The van der Waals surface area contributed by atoms with Gasteiger partial charge in [-0.15, -0.1) is 16.9 Å². The summed E-state index contributed by atoms with van der Waals surface area (Å²) in [6.45, 7) is 0.362. The van der Waals surface area contributed by atoms with Gasteiger partial charge in [-0.05, 0) is 31.5 Å². The molecule has 1 aromatic carbocycles. The predicted octanol–water partition coefficient (Wildman–Crippen LogP) is 5.73. The molecule has 184 valence electrons. The van der Waals surface area contributed by atoms with Crippen LogP contribution in [0.2, 0.25) is 0 Å². The van der Waals surface area contributed by atoms with Crippen molar-refractivity contribution in [2.75, 3.05) is 19.0 Å². The van der Waals surface area contributed by atoms with Gasteiger partial charge in [-0.2, -0.15) is 35.1 Å². The number of aromatic nitrogens is 2. The molecule has 0 aliphatic rings. The highest BCUT2D eigenvalue weighted by atomic mass is 32.2. The van der Waals surface area contributed by atoms with E-state index < -0.39 is 59.7 Å². The summed E-state index contributed by atoms with van der Waals surface area (Å²) in [4.78, 5) is 12.1. The first kappa shape index (κ1) is 26.7. The number of thioether (sulfide) groups is 1. The largest absolute Gasteiger partial charge is 0.470 e. The van der Waals surface area contributed by atoms with Gasteiger partial charge in [-0.25, -0.2) is 13.9 Å². The van der Waals surface area contributed by atoms with Crippen LogP contribution in [0.25, 0.3) is 5.69 Å². The number of hydrogen-bond donors (Lipinski definition) is 0. The smallest absolute Gasteiger partial charge is 0.456 e. The zero-order chi connectivity index (χ0) is 25.2. The Balaban J connectivity index is 2.48. The lowest BCUT2D eigenvalue weighted by Gasteiger charge is -2.18. The SMILES string of the molecule is CCOC(=O)c1cc(OCC(F)(F)C(F)(F)F)nn1-c1cc(SCC(F)(F)F)c(C)cc1F. The Morgan fingerprint density at radius 2 is 1.73 bits per heavy atom. The Morgan fingerprint density at radius 3 is 2.27 bits per heavy atom. The zero-order valence-electron chi connectivity index (χ0n) is 16.8. The van der Waals surface area contributed by atoms with Crippen molar-refractivity contribution in [1.29, 1.82) is 0 Å². The van der Waals surface area contributed by atoms with Crippen molar-refractivity contribution in [3.8, 4) is 11.6 Å². The molecule has 0 saturated heterocycles. The van der Waals surface area contributed by atoms with E-state index in [0.717, 1.165) is 12.1 Å². The highest BCUT2D eigenvalue weighted by Crippen LogP contribution is 2.36. The molecule has 0 atom stereocenters. The Morgan fingerprint density at radius 1 is 1.09 bits per heavy atom. The molecule has 33 heavy (non-hydrogen) atoms. The first-order chi connectivity index (χ1) is 15.1. The first-order valence-electron chi connectivity index (χ1n) is 8.90. The number of esters is 1. The number of carbonyl (C=O) groups is 1. The molecule has 1 aromatic heterocycles. The third-order valence-corrected chi connectivity index (χ3v) is 5.07. The maximum atomic E-state index is 14.6. The van der Waals surface area contributed by atoms with E-state index in [9.17, 15) is 44.3 Å². The van der Waals surface area contributed by atoms with Crippen molar-refractivity contribution in [2.45, 2.75) is 37.0 Å². The zero-order valence-corrected chi connectivity index (χ0v) is 17.6. The fourth-order valence-electron chi connectivity index (χ4n) is 2.33. The molecule has 0 bridgehead atoms. The number of carbonyl (C=O) groups excluding carboxylic acids is 1. The van der Waals surface area contributed by atoms with Crippen LogP contribution in [0.4, 0.5) is 39.5 Å². The molecule has 0 fully saturated rings. The fourth-order valence-corrected chi connectivity index (χ4v) is 3.13. The van der Waals surface area contributed by atoms with Gasteiger partial charge in [0, 0.05) is 11.0 Å². The van der Waals surface area contributed by atoms with E-state index in [2.05, 4.69) is 9.84 Å². The van der Waals surface area contributed by atoms with E-state index in [0.29, 0.717) is 22.5 Å². The molecule has 0 saturated carbocycles. The Hall–Kier alpha value is -2.58. The number of nitrogens with zero attached hydrogens (tertiary/aromatic N) is 2. The summed E-state index contributed by atoms with van der Waals surface area (Å²) < 4.78 is 125. The lowest BCUT2D eigenvalue weighted by Crippen LogP contribution is -2.41. The molecule has 0 N–H and O–H groups in total. The second-order valence-corrected chi connectivity index (χ2v) is 7.48. The minimum absolute atomic E-state index is 0.0416. The highest BCUT2D eigenvalue weighted by molar-refractivity contribution is 7.99. The maximum Gasteiger partial charge on any atom is 0.456 e. The third kappa shape index (κ3) is 6.71. The minimum Gasteiger partial charge on any atom is -0.470 e. The van der Waals surface area contributed by atoms with Crippen molar-refractivity contribution in [1.82, 2.24) is 9.78 Å². The average molecular weight is 510 g/mol. The van der Waals surface area contributed by atoms with Gasteiger partial charge in [0.25, 0.3) is 0 Å². The molecule has 1 heterocycles. The third-order valence-electron chi connectivity index (χ3n) is 3.85. The standard InChI is InChI=1S/C18H15F9N2O3S/c1-3-31-15(30)12-6-14(32-7-16(20,21)18(25,26)27)28-29(12)11-5-13(9(2)4-10(11)19)33-8-17(22,23)24/h4-6H,3,7-8H2,1-2H3. The van der Waals surface area contributed by atoms with Gasteiger partial charge >= 0.3 is 24.2 Å². The van der Waals surface area contributed by atoms with Crippen LogP contribution in [0.3, 0.4) is 0 Å². The molecule has 0 amide bonds. The number of rotatable bonds is 8. The van der Waals surface area contributed by atoms with Gasteiger partial charge in [-0.1, -0.05) is 0 Å². The first-order valence-corrected chi connectivity index (χ1v) is 9.89. The molecule has 2 rings (SSSR count). The number of alkyl halides is 8. The summed E-state index contributed by atoms with van der Waals surface area (Å²) in [7, 11) is 0. The topological polar surface area (TPSA) is 53.4 Å². The van der Waals surface area contributed by atoms with Crippen LogP contribution < -0.4 is 4.74 Å². The quantitative estimate of drug-likeness (QED) is 0.258. The summed E-state index contributed by atoms with van der Waals surface area (Å²) in [5.41, 5.74) is -1.07. The Kier molecular flexibility index (Phi) is 7.86. The van der Waals surface area contributed by atoms with Gasteiger partial charge in [0.2, 0.25) is 5.88 Å². The summed E-state index contributed by atoms with van der Waals surface area (Å²) in [6.07, 6.45) is -10.5.